The van der Waals surface area contributed by atoms with Gasteiger partial charge in [-0.15, -0.1) is 0 Å². The number of alkyl halides is 1. The van der Waals surface area contributed by atoms with E-state index in [2.05, 4.69) is 11.9 Å². The van der Waals surface area contributed by atoms with E-state index in [4.69, 9.17) is 11.6 Å². The summed E-state index contributed by atoms with van der Waals surface area (Å²) in [6.45, 7) is 8.85. The van der Waals surface area contributed by atoms with Crippen molar-refractivity contribution in [1.82, 2.24) is 5.32 Å². The average Bonchev–Trinajstić information content (AvgIpc) is 2.47. The molecule has 2 atom stereocenters. The average molecular weight is 336 g/mol. The highest BCUT2D eigenvalue weighted by atomic mass is 35.5. The molecule has 0 unspecified atom stereocenters. The SMILES string of the molecule is C=C(N[C@@H](C)[C@@](C)(F)c1ccc(Cl)cc1)c1c(C)cccc1F. The molecule has 4 heteroatoms. The van der Waals surface area contributed by atoms with Crippen molar-refractivity contribution in [1.29, 1.82) is 0 Å². The van der Waals surface area contributed by atoms with Gasteiger partial charge in [-0.2, -0.15) is 0 Å². The summed E-state index contributed by atoms with van der Waals surface area (Å²) in [5, 5.41) is 3.54. The Kier molecular flexibility index (Phi) is 5.10. The number of hydrogen-bond donors (Lipinski definition) is 1. The van der Waals surface area contributed by atoms with E-state index in [1.807, 2.05) is 0 Å². The molecule has 0 aromatic heterocycles. The Bertz CT molecular complexity index is 688. The molecule has 2 aromatic carbocycles. The molecule has 0 fully saturated rings. The van der Waals surface area contributed by atoms with Crippen LogP contribution in [-0.2, 0) is 5.67 Å². The standard InChI is InChI=1S/C19H20ClF2N/c1-12-6-5-7-17(21)18(12)13(2)23-14(3)19(4,22)15-8-10-16(20)11-9-15/h5-11,14,23H,2H2,1,3-4H3/t14-,19+/m0/s1. The first kappa shape index (κ1) is 17.5. The predicted molar refractivity (Wildman–Crippen MR) is 92.7 cm³/mol. The quantitative estimate of drug-likeness (QED) is 0.747. The summed E-state index contributed by atoms with van der Waals surface area (Å²) in [7, 11) is 0. The summed E-state index contributed by atoms with van der Waals surface area (Å²) >= 11 is 5.85. The first-order valence-electron chi connectivity index (χ1n) is 7.39. The van der Waals surface area contributed by atoms with Crippen molar-refractivity contribution in [3.8, 4) is 0 Å². The van der Waals surface area contributed by atoms with E-state index in [1.165, 1.54) is 13.0 Å². The first-order valence-corrected chi connectivity index (χ1v) is 7.77. The molecule has 0 saturated carbocycles. The van der Waals surface area contributed by atoms with E-state index in [0.29, 0.717) is 21.8 Å². The Balaban J connectivity index is 2.22. The molecule has 2 aromatic rings. The number of aryl methyl sites for hydroxylation is 1. The number of rotatable bonds is 5. The van der Waals surface area contributed by atoms with Crippen LogP contribution >= 0.6 is 11.6 Å². The zero-order valence-corrected chi connectivity index (χ0v) is 14.2. The molecule has 0 aliphatic carbocycles. The van der Waals surface area contributed by atoms with Crippen molar-refractivity contribution in [2.75, 3.05) is 0 Å². The molecule has 0 heterocycles. The van der Waals surface area contributed by atoms with Crippen LogP contribution in [0.25, 0.3) is 5.70 Å². The van der Waals surface area contributed by atoms with Crippen LogP contribution in [0, 0.1) is 12.7 Å². The van der Waals surface area contributed by atoms with E-state index < -0.39 is 11.7 Å². The highest BCUT2D eigenvalue weighted by Gasteiger charge is 2.33. The maximum Gasteiger partial charge on any atom is 0.152 e. The number of hydrogen-bond acceptors (Lipinski definition) is 1. The first-order chi connectivity index (χ1) is 10.7. The lowest BCUT2D eigenvalue weighted by Gasteiger charge is -2.31. The lowest BCUT2D eigenvalue weighted by atomic mass is 9.90. The van der Waals surface area contributed by atoms with Gasteiger partial charge in [0.05, 0.1) is 6.04 Å². The van der Waals surface area contributed by atoms with E-state index >= 15 is 4.39 Å². The van der Waals surface area contributed by atoms with Gasteiger partial charge in [-0.05, 0) is 50.1 Å². The molecular weight excluding hydrogens is 316 g/mol. The lowest BCUT2D eigenvalue weighted by Crippen LogP contribution is -2.40. The van der Waals surface area contributed by atoms with Gasteiger partial charge in [-0.25, -0.2) is 8.78 Å². The van der Waals surface area contributed by atoms with E-state index in [9.17, 15) is 4.39 Å². The monoisotopic (exact) mass is 335 g/mol. The van der Waals surface area contributed by atoms with Gasteiger partial charge < -0.3 is 5.32 Å². The topological polar surface area (TPSA) is 12.0 Å². The molecule has 2 rings (SSSR count). The van der Waals surface area contributed by atoms with Crippen LogP contribution in [0.15, 0.2) is 49.0 Å². The molecule has 0 bridgehead atoms. The predicted octanol–water partition coefficient (Wildman–Crippen LogP) is 5.62. The zero-order chi connectivity index (χ0) is 17.2. The molecule has 1 nitrogen and oxygen atoms in total. The van der Waals surface area contributed by atoms with Crippen molar-refractivity contribution in [2.45, 2.75) is 32.5 Å². The molecule has 0 aliphatic rings. The Morgan fingerprint density at radius 3 is 2.39 bits per heavy atom. The van der Waals surface area contributed by atoms with E-state index in [1.54, 1.807) is 50.2 Å². The van der Waals surface area contributed by atoms with Gasteiger partial charge in [0.15, 0.2) is 5.67 Å². The molecule has 23 heavy (non-hydrogen) atoms. The van der Waals surface area contributed by atoms with Gasteiger partial charge in [-0.1, -0.05) is 42.4 Å². The fourth-order valence-corrected chi connectivity index (χ4v) is 2.63. The number of halogens is 3. The molecular formula is C19H20ClF2N. The van der Waals surface area contributed by atoms with Gasteiger partial charge in [0.1, 0.15) is 5.82 Å². The summed E-state index contributed by atoms with van der Waals surface area (Å²) in [5.41, 5.74) is 0.339. The molecule has 0 radical (unpaired) electrons. The third kappa shape index (κ3) is 3.73. The molecule has 0 spiro atoms. The Labute approximate surface area is 141 Å². The van der Waals surface area contributed by atoms with Gasteiger partial charge in [0.25, 0.3) is 0 Å². The number of benzene rings is 2. The minimum atomic E-state index is -1.66. The van der Waals surface area contributed by atoms with E-state index in [-0.39, 0.29) is 5.82 Å². The third-order valence-corrected chi connectivity index (χ3v) is 4.39. The maximum absolute atomic E-state index is 15.2. The van der Waals surface area contributed by atoms with E-state index in [0.717, 1.165) is 5.56 Å². The van der Waals surface area contributed by atoms with Crippen molar-refractivity contribution in [2.24, 2.45) is 0 Å². The van der Waals surface area contributed by atoms with Crippen LogP contribution in [-0.4, -0.2) is 6.04 Å². The van der Waals surface area contributed by atoms with Gasteiger partial charge in [0.2, 0.25) is 0 Å². The van der Waals surface area contributed by atoms with Crippen LogP contribution in [0.1, 0.15) is 30.5 Å². The third-order valence-electron chi connectivity index (χ3n) is 4.14. The maximum atomic E-state index is 15.2. The van der Waals surface area contributed by atoms with Crippen LogP contribution in [0.2, 0.25) is 5.02 Å². The van der Waals surface area contributed by atoms with Crippen LogP contribution in [0.4, 0.5) is 8.78 Å². The molecule has 0 amide bonds. The van der Waals surface area contributed by atoms with Crippen LogP contribution in [0.3, 0.4) is 0 Å². The highest BCUT2D eigenvalue weighted by Crippen LogP contribution is 2.32. The normalized spacial score (nSPS) is 14.9. The largest absolute Gasteiger partial charge is 0.379 e. The zero-order valence-electron chi connectivity index (χ0n) is 13.5. The van der Waals surface area contributed by atoms with Crippen molar-refractivity contribution in [3.63, 3.8) is 0 Å². The second-order valence-electron chi connectivity index (χ2n) is 5.86. The minimum absolute atomic E-state index is 0.367. The van der Waals surface area contributed by atoms with Crippen molar-refractivity contribution < 1.29 is 8.78 Å². The molecule has 0 saturated heterocycles. The van der Waals surface area contributed by atoms with Gasteiger partial charge >= 0.3 is 0 Å². The van der Waals surface area contributed by atoms with Crippen molar-refractivity contribution >= 4 is 17.3 Å². The number of nitrogens with one attached hydrogen (secondary N) is 1. The summed E-state index contributed by atoms with van der Waals surface area (Å²) in [5.74, 6) is -0.373. The summed E-state index contributed by atoms with van der Waals surface area (Å²) in [6, 6.07) is 10.8. The smallest absolute Gasteiger partial charge is 0.152 e. The fraction of sp³-hybridized carbons (Fsp3) is 0.263. The molecule has 122 valence electrons. The second-order valence-corrected chi connectivity index (χ2v) is 6.30. The van der Waals surface area contributed by atoms with Gasteiger partial charge in [-0.3, -0.25) is 0 Å². The Morgan fingerprint density at radius 1 is 1.22 bits per heavy atom. The molecule has 1 N–H and O–H groups in total. The van der Waals surface area contributed by atoms with Crippen LogP contribution in [0.5, 0.6) is 0 Å². The minimum Gasteiger partial charge on any atom is -0.379 e. The summed E-state index contributed by atoms with van der Waals surface area (Å²) in [6.07, 6.45) is 0. The van der Waals surface area contributed by atoms with Crippen molar-refractivity contribution in [3.05, 3.63) is 76.6 Å². The Morgan fingerprint density at radius 2 is 1.83 bits per heavy atom. The summed E-state index contributed by atoms with van der Waals surface area (Å²) < 4.78 is 29.2. The van der Waals surface area contributed by atoms with Gasteiger partial charge in [0, 0.05) is 16.3 Å². The van der Waals surface area contributed by atoms with Crippen LogP contribution < -0.4 is 5.32 Å². The fourth-order valence-electron chi connectivity index (χ4n) is 2.51. The lowest BCUT2D eigenvalue weighted by molar-refractivity contribution is 0.145. The molecule has 0 aliphatic heterocycles. The highest BCUT2D eigenvalue weighted by molar-refractivity contribution is 6.30. The summed E-state index contributed by atoms with van der Waals surface area (Å²) in [4.78, 5) is 0. The second kappa shape index (κ2) is 6.71. The Hall–Kier alpha value is -1.87.